The largest absolute Gasteiger partial charge is 0.484 e. The predicted molar refractivity (Wildman–Crippen MR) is 93.8 cm³/mol. The Bertz CT molecular complexity index is 647. The molecule has 0 heterocycles. The van der Waals surface area contributed by atoms with Crippen LogP contribution in [-0.4, -0.2) is 18.2 Å². The number of ether oxygens (including phenoxy) is 1. The van der Waals surface area contributed by atoms with Gasteiger partial charge in [-0.25, -0.2) is 5.43 Å². The van der Waals surface area contributed by atoms with E-state index in [0.717, 1.165) is 29.7 Å². The van der Waals surface area contributed by atoms with Crippen LogP contribution in [0.3, 0.4) is 0 Å². The maximum atomic E-state index is 11.8. The zero-order chi connectivity index (χ0) is 16.8. The van der Waals surface area contributed by atoms with Crippen molar-refractivity contribution < 1.29 is 9.53 Å². The summed E-state index contributed by atoms with van der Waals surface area (Å²) < 4.78 is 5.38. The average molecular weight is 333 g/mol. The molecule has 0 saturated heterocycles. The summed E-state index contributed by atoms with van der Waals surface area (Å²) in [4.78, 5) is 11.8. The number of rotatable bonds is 5. The lowest BCUT2D eigenvalue weighted by atomic mass is 9.85. The minimum absolute atomic E-state index is 0.0922. The summed E-state index contributed by atoms with van der Waals surface area (Å²) in [6.45, 7) is 7.94. The third-order valence-electron chi connectivity index (χ3n) is 3.80. The van der Waals surface area contributed by atoms with E-state index in [4.69, 9.17) is 16.3 Å². The van der Waals surface area contributed by atoms with Crippen molar-refractivity contribution in [2.45, 2.75) is 26.7 Å². The number of nitrogens with one attached hydrogen (secondary N) is 1. The second kappa shape index (κ2) is 7.97. The second-order valence-electron chi connectivity index (χ2n) is 5.71. The van der Waals surface area contributed by atoms with E-state index in [1.807, 2.05) is 13.8 Å². The summed E-state index contributed by atoms with van der Waals surface area (Å²) in [5, 5.41) is 4.85. The summed E-state index contributed by atoms with van der Waals surface area (Å²) in [5.74, 6) is 0.686. The number of allylic oxidation sites excluding steroid dienone is 3. The lowest BCUT2D eigenvalue weighted by Crippen LogP contribution is -2.27. The highest BCUT2D eigenvalue weighted by molar-refractivity contribution is 6.30. The van der Waals surface area contributed by atoms with Crippen LogP contribution in [-0.2, 0) is 4.79 Å². The van der Waals surface area contributed by atoms with E-state index in [0.29, 0.717) is 16.7 Å². The minimum atomic E-state index is -0.294. The SMILES string of the molecule is C=C(C)[C@H]1CC=C(C)/C(=N/NC(=O)COc2ccc(Cl)cc2)C1. The maximum absolute atomic E-state index is 11.8. The van der Waals surface area contributed by atoms with Gasteiger partial charge in [0.25, 0.3) is 5.91 Å². The van der Waals surface area contributed by atoms with Crippen LogP contribution < -0.4 is 10.2 Å². The lowest BCUT2D eigenvalue weighted by Gasteiger charge is -2.22. The number of carbonyl (C=O) groups excluding carboxylic acids is 1. The highest BCUT2D eigenvalue weighted by Crippen LogP contribution is 2.26. The number of benzene rings is 1. The fourth-order valence-corrected chi connectivity index (χ4v) is 2.39. The molecule has 1 aliphatic carbocycles. The minimum Gasteiger partial charge on any atom is -0.484 e. The van der Waals surface area contributed by atoms with Crippen LogP contribution in [0.2, 0.25) is 5.02 Å². The monoisotopic (exact) mass is 332 g/mol. The molecule has 0 radical (unpaired) electrons. The Morgan fingerprint density at radius 3 is 2.78 bits per heavy atom. The smallest absolute Gasteiger partial charge is 0.277 e. The number of nitrogens with zero attached hydrogens (tertiary/aromatic N) is 1. The molecule has 1 amide bonds. The summed E-state index contributed by atoms with van der Waals surface area (Å²) in [6, 6.07) is 6.85. The molecule has 0 aliphatic heterocycles. The van der Waals surface area contributed by atoms with Crippen LogP contribution in [0, 0.1) is 5.92 Å². The molecular formula is C18H21ClN2O2. The van der Waals surface area contributed by atoms with E-state index in [1.165, 1.54) is 0 Å². The molecule has 1 aromatic carbocycles. The average Bonchev–Trinajstić information content (AvgIpc) is 2.53. The van der Waals surface area contributed by atoms with E-state index in [-0.39, 0.29) is 12.5 Å². The third kappa shape index (κ3) is 5.25. The van der Waals surface area contributed by atoms with Crippen molar-refractivity contribution in [2.75, 3.05) is 6.61 Å². The van der Waals surface area contributed by atoms with E-state index in [2.05, 4.69) is 23.2 Å². The van der Waals surface area contributed by atoms with Gasteiger partial charge in [-0.2, -0.15) is 5.10 Å². The molecular weight excluding hydrogens is 312 g/mol. The van der Waals surface area contributed by atoms with Crippen molar-refractivity contribution in [1.29, 1.82) is 0 Å². The molecule has 23 heavy (non-hydrogen) atoms. The molecule has 1 atom stereocenters. The van der Waals surface area contributed by atoms with Gasteiger partial charge in [-0.1, -0.05) is 29.8 Å². The van der Waals surface area contributed by atoms with Crippen molar-refractivity contribution >= 4 is 23.2 Å². The van der Waals surface area contributed by atoms with Crippen LogP contribution in [0.4, 0.5) is 0 Å². The maximum Gasteiger partial charge on any atom is 0.277 e. The molecule has 0 bridgehead atoms. The molecule has 1 N–H and O–H groups in total. The number of hydrogen-bond acceptors (Lipinski definition) is 3. The molecule has 0 unspecified atom stereocenters. The Kier molecular flexibility index (Phi) is 5.99. The van der Waals surface area contributed by atoms with Crippen molar-refractivity contribution in [3.05, 3.63) is 53.1 Å². The van der Waals surface area contributed by atoms with Gasteiger partial charge in [0.1, 0.15) is 5.75 Å². The molecule has 2 rings (SSSR count). The molecule has 1 aromatic rings. The van der Waals surface area contributed by atoms with Crippen molar-refractivity contribution in [1.82, 2.24) is 5.43 Å². The molecule has 0 aromatic heterocycles. The van der Waals surface area contributed by atoms with Gasteiger partial charge in [0.05, 0.1) is 5.71 Å². The van der Waals surface area contributed by atoms with E-state index >= 15 is 0 Å². The molecule has 0 spiro atoms. The van der Waals surface area contributed by atoms with Crippen LogP contribution in [0.1, 0.15) is 26.7 Å². The highest BCUT2D eigenvalue weighted by Gasteiger charge is 2.18. The Hall–Kier alpha value is -2.07. The predicted octanol–water partition coefficient (Wildman–Crippen LogP) is 4.12. The summed E-state index contributed by atoms with van der Waals surface area (Å²) in [7, 11) is 0. The van der Waals surface area contributed by atoms with Gasteiger partial charge in [-0.05, 0) is 62.4 Å². The molecule has 122 valence electrons. The van der Waals surface area contributed by atoms with Gasteiger partial charge in [0.2, 0.25) is 0 Å². The Labute approximate surface area is 141 Å². The van der Waals surface area contributed by atoms with Gasteiger partial charge in [-0.3, -0.25) is 4.79 Å². The quantitative estimate of drug-likeness (QED) is 0.651. The lowest BCUT2D eigenvalue weighted by molar-refractivity contribution is -0.123. The number of carbonyl (C=O) groups is 1. The fraction of sp³-hybridized carbons (Fsp3) is 0.333. The summed E-state index contributed by atoms with van der Waals surface area (Å²) >= 11 is 5.79. The van der Waals surface area contributed by atoms with Gasteiger partial charge >= 0.3 is 0 Å². The van der Waals surface area contributed by atoms with E-state index in [1.54, 1.807) is 24.3 Å². The number of halogens is 1. The van der Waals surface area contributed by atoms with Gasteiger partial charge < -0.3 is 4.74 Å². The van der Waals surface area contributed by atoms with Gasteiger partial charge in [0.15, 0.2) is 6.61 Å². The standard InChI is InChI=1S/C18H21ClN2O2/c1-12(2)14-5-4-13(3)17(10-14)20-21-18(22)11-23-16-8-6-15(19)7-9-16/h4,6-9,14H,1,5,10-11H2,2-3H3,(H,21,22)/b20-17+/t14-/m0/s1. The fourth-order valence-electron chi connectivity index (χ4n) is 2.27. The van der Waals surface area contributed by atoms with Gasteiger partial charge in [-0.15, -0.1) is 0 Å². The van der Waals surface area contributed by atoms with Crippen molar-refractivity contribution in [3.63, 3.8) is 0 Å². The number of amides is 1. The van der Waals surface area contributed by atoms with E-state index < -0.39 is 0 Å². The van der Waals surface area contributed by atoms with Crippen LogP contribution in [0.5, 0.6) is 5.75 Å². The zero-order valence-electron chi connectivity index (χ0n) is 13.4. The van der Waals surface area contributed by atoms with Gasteiger partial charge in [0, 0.05) is 5.02 Å². The molecule has 0 saturated carbocycles. The first-order chi connectivity index (χ1) is 11.0. The normalized spacial score (nSPS) is 19.2. The first-order valence-electron chi connectivity index (χ1n) is 7.52. The number of hydrogen-bond donors (Lipinski definition) is 1. The molecule has 5 heteroatoms. The summed E-state index contributed by atoms with van der Waals surface area (Å²) in [6.07, 6.45) is 3.92. The first-order valence-corrected chi connectivity index (χ1v) is 7.90. The number of hydrazone groups is 1. The van der Waals surface area contributed by atoms with Crippen LogP contribution in [0.25, 0.3) is 0 Å². The Morgan fingerprint density at radius 2 is 2.13 bits per heavy atom. The molecule has 0 fully saturated rings. The second-order valence-corrected chi connectivity index (χ2v) is 6.14. The van der Waals surface area contributed by atoms with Crippen molar-refractivity contribution in [3.8, 4) is 5.75 Å². The Morgan fingerprint density at radius 1 is 1.43 bits per heavy atom. The topological polar surface area (TPSA) is 50.7 Å². The van der Waals surface area contributed by atoms with Crippen molar-refractivity contribution in [2.24, 2.45) is 11.0 Å². The highest BCUT2D eigenvalue weighted by atomic mass is 35.5. The van der Waals surface area contributed by atoms with Crippen LogP contribution in [0.15, 0.2) is 53.2 Å². The van der Waals surface area contributed by atoms with Crippen LogP contribution >= 0.6 is 11.6 Å². The summed E-state index contributed by atoms with van der Waals surface area (Å²) in [5.41, 5.74) is 5.68. The zero-order valence-corrected chi connectivity index (χ0v) is 14.2. The molecule has 1 aliphatic rings. The Balaban J connectivity index is 1.87. The third-order valence-corrected chi connectivity index (χ3v) is 4.05. The molecule has 4 nitrogen and oxygen atoms in total. The first kappa shape index (κ1) is 17.3. The van der Waals surface area contributed by atoms with E-state index in [9.17, 15) is 4.79 Å².